The summed E-state index contributed by atoms with van der Waals surface area (Å²) >= 11 is 0. The van der Waals surface area contributed by atoms with E-state index >= 15 is 0 Å². The van der Waals surface area contributed by atoms with Crippen LogP contribution in [0.2, 0.25) is 0 Å². The second kappa shape index (κ2) is 26.7. The fourth-order valence-electron chi connectivity index (χ4n) is 18.0. The Labute approximate surface area is 653 Å². The number of nitrogens with zero attached hydrogens (tertiary/aromatic N) is 8. The molecule has 0 spiro atoms. The van der Waals surface area contributed by atoms with Crippen LogP contribution in [0, 0.1) is 109 Å². The summed E-state index contributed by atoms with van der Waals surface area (Å²) in [5, 5.41) is 75.7. The summed E-state index contributed by atoms with van der Waals surface area (Å²) in [6.45, 7) is 23.9. The van der Waals surface area contributed by atoms with Gasteiger partial charge >= 0.3 is 0 Å². The van der Waals surface area contributed by atoms with E-state index in [0.29, 0.717) is 44.8 Å². The number of aryl methyl sites for hydroxylation is 4. The van der Waals surface area contributed by atoms with Crippen LogP contribution < -0.4 is 0 Å². The molecule has 2 aliphatic carbocycles. The smallest absolute Gasteiger partial charge is 0.187 e. The van der Waals surface area contributed by atoms with E-state index in [4.69, 9.17) is 13.1 Å². The van der Waals surface area contributed by atoms with Gasteiger partial charge < -0.3 is 0 Å². The van der Waals surface area contributed by atoms with Crippen molar-refractivity contribution in [2.75, 3.05) is 0 Å². The van der Waals surface area contributed by atoms with Crippen molar-refractivity contribution >= 4 is 97.6 Å². The van der Waals surface area contributed by atoms with Crippen molar-refractivity contribution in [3.05, 3.63) is 345 Å². The first kappa shape index (κ1) is 68.7. The average Bonchev–Trinajstić information content (AvgIpc) is 1.59. The minimum absolute atomic E-state index is 0. The van der Waals surface area contributed by atoms with Crippen molar-refractivity contribution in [3.63, 3.8) is 0 Å². The predicted octanol–water partition coefficient (Wildman–Crippen LogP) is 28.1. The molecule has 0 amide bonds. The van der Waals surface area contributed by atoms with E-state index in [2.05, 4.69) is 206 Å². The molecule has 0 aromatic heterocycles. The molecular formula is C105H60N8. The van der Waals surface area contributed by atoms with E-state index in [0.717, 1.165) is 176 Å². The Morgan fingerprint density at radius 3 is 0.779 bits per heavy atom. The molecule has 18 aromatic rings. The molecule has 113 heavy (non-hydrogen) atoms. The summed E-state index contributed by atoms with van der Waals surface area (Å²) in [5.74, 6) is 0. The maximum absolute atomic E-state index is 9.75. The van der Waals surface area contributed by atoms with Crippen LogP contribution in [0.3, 0.4) is 0 Å². The zero-order chi connectivity index (χ0) is 76.5. The number of fused-ring (bicyclic) bond motifs is 16. The van der Waals surface area contributed by atoms with Crippen LogP contribution in [0.1, 0.15) is 63.1 Å². The van der Waals surface area contributed by atoms with Crippen LogP contribution in [-0.2, 0) is 0 Å². The monoisotopic (exact) mass is 1430 g/mol. The van der Waals surface area contributed by atoms with E-state index in [1.807, 2.05) is 135 Å². The second-order valence-corrected chi connectivity index (χ2v) is 29.2. The summed E-state index contributed by atoms with van der Waals surface area (Å²) in [5.41, 5.74) is 30.8. The molecule has 18 aromatic carbocycles. The topological polar surface area (TPSA) is 151 Å². The van der Waals surface area contributed by atoms with Gasteiger partial charge in [-0.1, -0.05) is 141 Å². The summed E-state index contributed by atoms with van der Waals surface area (Å²) in [7, 11) is 0. The maximum atomic E-state index is 9.75. The molecule has 0 saturated carbocycles. The minimum Gasteiger partial charge on any atom is -0.238 e. The largest absolute Gasteiger partial charge is 0.238 e. The molecule has 0 N–H and O–H groups in total. The van der Waals surface area contributed by atoms with Gasteiger partial charge in [0.2, 0.25) is 0 Å². The van der Waals surface area contributed by atoms with Crippen LogP contribution in [0.4, 0.5) is 11.4 Å². The molecule has 0 fully saturated rings. The van der Waals surface area contributed by atoms with Crippen LogP contribution in [0.5, 0.6) is 0 Å². The van der Waals surface area contributed by atoms with Crippen molar-refractivity contribution in [1.29, 1.82) is 31.6 Å². The first-order chi connectivity index (χ1) is 54.8. The third kappa shape index (κ3) is 10.8. The normalized spacial score (nSPS) is 11.2. The highest BCUT2D eigenvalue weighted by Gasteiger charge is 2.29. The van der Waals surface area contributed by atoms with Crippen LogP contribution in [0.15, 0.2) is 267 Å². The number of nitriles is 6. The summed E-state index contributed by atoms with van der Waals surface area (Å²) in [4.78, 5) is 7.61. The van der Waals surface area contributed by atoms with E-state index in [-0.39, 0.29) is 7.43 Å². The molecule has 0 radical (unpaired) electrons. The van der Waals surface area contributed by atoms with Crippen LogP contribution in [-0.4, -0.2) is 0 Å². The Morgan fingerprint density at radius 1 is 0.204 bits per heavy atom. The predicted molar refractivity (Wildman–Crippen MR) is 461 cm³/mol. The van der Waals surface area contributed by atoms with Gasteiger partial charge in [-0.05, 0) is 381 Å². The van der Waals surface area contributed by atoms with E-state index < -0.39 is 0 Å². The van der Waals surface area contributed by atoms with Crippen molar-refractivity contribution in [3.8, 4) is 148 Å². The zero-order valence-electron chi connectivity index (χ0n) is 61.0. The van der Waals surface area contributed by atoms with Crippen molar-refractivity contribution in [2.45, 2.75) is 35.1 Å². The van der Waals surface area contributed by atoms with Gasteiger partial charge in [-0.2, -0.15) is 31.6 Å². The van der Waals surface area contributed by atoms with Gasteiger partial charge in [-0.3, -0.25) is 0 Å². The number of benzene rings is 18. The Morgan fingerprint density at radius 2 is 0.460 bits per heavy atom. The second-order valence-electron chi connectivity index (χ2n) is 29.2. The maximum Gasteiger partial charge on any atom is 0.187 e. The van der Waals surface area contributed by atoms with Gasteiger partial charge in [0.05, 0.1) is 82.9 Å². The van der Waals surface area contributed by atoms with Gasteiger partial charge in [-0.15, -0.1) is 0 Å². The molecule has 20 rings (SSSR count). The van der Waals surface area contributed by atoms with Gasteiger partial charge in [-0.25, -0.2) is 9.69 Å². The molecule has 2 aliphatic rings. The lowest BCUT2D eigenvalue weighted by Crippen LogP contribution is -1.93. The Balaban J connectivity index is 0.000000156. The van der Waals surface area contributed by atoms with Crippen molar-refractivity contribution in [1.82, 2.24) is 0 Å². The van der Waals surface area contributed by atoms with Gasteiger partial charge in [0.15, 0.2) is 11.4 Å². The lowest BCUT2D eigenvalue weighted by molar-refractivity contribution is 1.42. The average molecular weight is 1430 g/mol. The molecular weight excluding hydrogens is 1370 g/mol. The fourth-order valence-corrected chi connectivity index (χ4v) is 18.0. The Kier molecular flexibility index (Phi) is 16.3. The number of hydrogen-bond donors (Lipinski definition) is 0. The van der Waals surface area contributed by atoms with Crippen LogP contribution in [0.25, 0.3) is 207 Å². The fraction of sp³-hybridized carbons (Fsp3) is 0.0476. The quantitative estimate of drug-likeness (QED) is 0.119. The van der Waals surface area contributed by atoms with Gasteiger partial charge in [0, 0.05) is 0 Å². The zero-order valence-corrected chi connectivity index (χ0v) is 61.0. The number of rotatable bonds is 6. The standard InChI is InChI=1S/2C52H28N4.CH4/c1-29-18-32(27-54)10-13-36(29)44-23-50-46(39-15-12-35(56-3)21-43(39)44)22-45(37-14-11-33(28-55)19-30(37)2)49-25-48-42-17-16-38(34-7-4-6-31(20-34)26-53)40-8-5-9-41(52(40)42)47(48)24-51(49)50;1-29-18-32(27-54)10-13-36(29)44-23-50-46(39-15-12-35(56-3)21-43(39)44)22-45(37-14-11-33(28-55)19-30(37)2)49-24-47-41-9-5-8-40-38(34-7-4-6-31(20-34)26-53)16-17-42(52(40)41)48(47)25-51(49)50;/h2*4-25H,1-2H3;1H4. The first-order valence-electron chi connectivity index (χ1n) is 36.7. The van der Waals surface area contributed by atoms with E-state index in [1.165, 1.54) is 44.2 Å². The summed E-state index contributed by atoms with van der Waals surface area (Å²) < 4.78 is 0. The summed E-state index contributed by atoms with van der Waals surface area (Å²) in [6.07, 6.45) is 0. The van der Waals surface area contributed by atoms with Gasteiger partial charge in [0.25, 0.3) is 0 Å². The van der Waals surface area contributed by atoms with Crippen LogP contribution >= 0.6 is 0 Å². The Hall–Kier alpha value is -16.0. The highest BCUT2D eigenvalue weighted by molar-refractivity contribution is 6.30. The highest BCUT2D eigenvalue weighted by atomic mass is 14.6. The molecule has 0 atom stereocenters. The molecule has 0 heterocycles. The summed E-state index contributed by atoms with van der Waals surface area (Å²) in [6, 6.07) is 105. The molecule has 8 heteroatoms. The van der Waals surface area contributed by atoms with Crippen molar-refractivity contribution < 1.29 is 0 Å². The van der Waals surface area contributed by atoms with E-state index in [9.17, 15) is 31.6 Å². The molecule has 0 saturated heterocycles. The lowest BCUT2D eigenvalue weighted by Gasteiger charge is -2.19. The molecule has 0 bridgehead atoms. The SMILES string of the molecule is C.[C-]#[N+]c1ccc2c(c1)c(-c1ccc(C#N)cc1C)cc1c3cc4c(cc3c(-c3ccc(C#N)cc3C)cc21)-c1ccc(-c2cccc(C#N)c2)c2cccc-4c12.[C-]#[N+]c1ccc2c(c1)c(-c1ccc(C#N)cc1C)cc1c3cc4c(cc3c(-c3ccc(C#N)cc3C)cc21)-c1cccc2c(-c3cccc(C#N)c3)ccc-4c12. The molecule has 8 nitrogen and oxygen atoms in total. The first-order valence-corrected chi connectivity index (χ1v) is 36.7. The highest BCUT2D eigenvalue weighted by Crippen LogP contribution is 2.56. The Bertz CT molecular complexity index is 7370. The van der Waals surface area contributed by atoms with Crippen molar-refractivity contribution in [2.24, 2.45) is 0 Å². The number of hydrogen-bond acceptors (Lipinski definition) is 6. The third-order valence-electron chi connectivity index (χ3n) is 23.1. The lowest BCUT2D eigenvalue weighted by atomic mass is 9.84. The third-order valence-corrected chi connectivity index (χ3v) is 23.1. The molecule has 520 valence electrons. The molecule has 0 aliphatic heterocycles. The van der Waals surface area contributed by atoms with E-state index in [1.54, 1.807) is 0 Å². The molecule has 0 unspecified atom stereocenters. The minimum atomic E-state index is 0. The van der Waals surface area contributed by atoms with Gasteiger partial charge in [0.1, 0.15) is 0 Å².